The van der Waals surface area contributed by atoms with Gasteiger partial charge in [0.05, 0.1) is 21.5 Å². The summed E-state index contributed by atoms with van der Waals surface area (Å²) >= 11 is 13.2. The first-order chi connectivity index (χ1) is 12.3. The lowest BCUT2D eigenvalue weighted by molar-refractivity contribution is 0.102. The minimum Gasteiger partial charge on any atom is -0.298 e. The third-order valence-electron chi connectivity index (χ3n) is 4.40. The Morgan fingerprint density at radius 1 is 1.31 bits per heavy atom. The van der Waals surface area contributed by atoms with E-state index in [1.807, 2.05) is 0 Å². The van der Waals surface area contributed by atoms with E-state index in [1.165, 1.54) is 21.7 Å². The zero-order chi connectivity index (χ0) is 18.5. The molecule has 0 unspecified atom stereocenters. The molecule has 0 spiro atoms. The summed E-state index contributed by atoms with van der Waals surface area (Å²) in [5, 5.41) is 3.67. The molecule has 1 aliphatic carbocycles. The molecule has 138 valence electrons. The fraction of sp³-hybridized carbons (Fsp3) is 0.375. The molecule has 0 atom stereocenters. The summed E-state index contributed by atoms with van der Waals surface area (Å²) in [6.45, 7) is 0.759. The molecule has 1 fully saturated rings. The van der Waals surface area contributed by atoms with E-state index in [-0.39, 0.29) is 16.2 Å². The summed E-state index contributed by atoms with van der Waals surface area (Å²) in [6.07, 6.45) is 2.05. The third-order valence-corrected chi connectivity index (χ3v) is 8.29. The smallest absolute Gasteiger partial charge is 0.258 e. The largest absolute Gasteiger partial charge is 0.298 e. The second-order valence-corrected chi connectivity index (χ2v) is 10.4. The van der Waals surface area contributed by atoms with Crippen LogP contribution in [-0.4, -0.2) is 35.4 Å². The Bertz CT molecular complexity index is 987. The van der Waals surface area contributed by atoms with E-state index in [4.69, 9.17) is 23.2 Å². The summed E-state index contributed by atoms with van der Waals surface area (Å²) in [6, 6.07) is 4.65. The van der Waals surface area contributed by atoms with Gasteiger partial charge in [0, 0.05) is 29.4 Å². The summed E-state index contributed by atoms with van der Waals surface area (Å²) in [7, 11) is -3.20. The summed E-state index contributed by atoms with van der Waals surface area (Å²) < 4.78 is 26.3. The average Bonchev–Trinajstić information content (AvgIpc) is 3.35. The van der Waals surface area contributed by atoms with Crippen molar-refractivity contribution in [3.05, 3.63) is 44.4 Å². The third kappa shape index (κ3) is 3.48. The van der Waals surface area contributed by atoms with Crippen molar-refractivity contribution in [2.75, 3.05) is 11.9 Å². The van der Waals surface area contributed by atoms with Gasteiger partial charge in [0.25, 0.3) is 5.91 Å². The number of fused-ring (bicyclic) bond motifs is 1. The molecule has 2 aliphatic rings. The number of benzene rings is 1. The molecule has 10 heteroatoms. The van der Waals surface area contributed by atoms with Crippen LogP contribution in [0.5, 0.6) is 0 Å². The van der Waals surface area contributed by atoms with Crippen LogP contribution in [0.25, 0.3) is 0 Å². The highest BCUT2D eigenvalue weighted by Gasteiger charge is 2.41. The first kappa shape index (κ1) is 18.2. The number of carbonyl (C=O) groups is 1. The number of nitrogens with one attached hydrogen (secondary N) is 1. The van der Waals surface area contributed by atoms with Gasteiger partial charge < -0.3 is 0 Å². The maximum Gasteiger partial charge on any atom is 0.258 e. The fourth-order valence-corrected chi connectivity index (χ4v) is 6.26. The van der Waals surface area contributed by atoms with E-state index in [9.17, 15) is 13.2 Å². The number of thiazole rings is 1. The SMILES string of the molecule is O=C(Nc1nc2c(s1)CN(S(=O)(=O)C1CC1)CC2)c1ccc(Cl)cc1Cl. The van der Waals surface area contributed by atoms with E-state index in [1.54, 1.807) is 12.1 Å². The first-order valence-corrected chi connectivity index (χ1v) is 11.2. The van der Waals surface area contributed by atoms with E-state index >= 15 is 0 Å². The Labute approximate surface area is 165 Å². The van der Waals surface area contributed by atoms with Crippen molar-refractivity contribution in [2.45, 2.75) is 31.1 Å². The Morgan fingerprint density at radius 2 is 2.08 bits per heavy atom. The van der Waals surface area contributed by atoms with Crippen molar-refractivity contribution >= 4 is 55.6 Å². The molecular formula is C16H15Cl2N3O3S2. The fourth-order valence-electron chi connectivity index (χ4n) is 2.86. The zero-order valence-corrected chi connectivity index (χ0v) is 16.7. The number of amides is 1. The van der Waals surface area contributed by atoms with Gasteiger partial charge in [0.2, 0.25) is 10.0 Å². The van der Waals surface area contributed by atoms with Crippen LogP contribution in [-0.2, 0) is 23.0 Å². The molecule has 0 bridgehead atoms. The second-order valence-electron chi connectivity index (χ2n) is 6.30. The molecule has 1 aromatic carbocycles. The van der Waals surface area contributed by atoms with Crippen LogP contribution in [0, 0.1) is 0 Å². The van der Waals surface area contributed by atoms with Gasteiger partial charge in [-0.15, -0.1) is 11.3 Å². The number of halogens is 2. The molecule has 0 saturated heterocycles. The molecule has 4 rings (SSSR count). The molecule has 1 aliphatic heterocycles. The van der Waals surface area contributed by atoms with Gasteiger partial charge in [0.15, 0.2) is 5.13 Å². The number of rotatable bonds is 4. The number of aromatic nitrogens is 1. The highest BCUT2D eigenvalue weighted by atomic mass is 35.5. The standard InChI is InChI=1S/C16H15Cl2N3O3S2/c17-9-1-4-11(12(18)7-9)15(22)20-16-19-13-5-6-21(8-14(13)25-16)26(23,24)10-2-3-10/h1,4,7,10H,2-3,5-6,8H2,(H,19,20,22). The van der Waals surface area contributed by atoms with Crippen molar-refractivity contribution in [1.29, 1.82) is 0 Å². The quantitative estimate of drug-likeness (QED) is 0.802. The number of carbonyl (C=O) groups excluding carboxylic acids is 1. The highest BCUT2D eigenvalue weighted by Crippen LogP contribution is 2.36. The van der Waals surface area contributed by atoms with Gasteiger partial charge in [-0.05, 0) is 31.0 Å². The van der Waals surface area contributed by atoms with Gasteiger partial charge in [-0.3, -0.25) is 10.1 Å². The van der Waals surface area contributed by atoms with Crippen molar-refractivity contribution in [1.82, 2.24) is 9.29 Å². The van der Waals surface area contributed by atoms with Gasteiger partial charge in [-0.1, -0.05) is 23.2 Å². The lowest BCUT2D eigenvalue weighted by atomic mass is 10.2. The molecule has 1 N–H and O–H groups in total. The van der Waals surface area contributed by atoms with E-state index in [2.05, 4.69) is 10.3 Å². The Hall–Kier alpha value is -1.19. The molecule has 1 saturated carbocycles. The maximum absolute atomic E-state index is 12.4. The summed E-state index contributed by atoms with van der Waals surface area (Å²) in [5.74, 6) is -0.375. The topological polar surface area (TPSA) is 79.4 Å². The summed E-state index contributed by atoms with van der Waals surface area (Å²) in [5.41, 5.74) is 1.15. The number of hydrogen-bond acceptors (Lipinski definition) is 5. The van der Waals surface area contributed by atoms with Crippen LogP contribution in [0.4, 0.5) is 5.13 Å². The van der Waals surface area contributed by atoms with Crippen LogP contribution >= 0.6 is 34.5 Å². The zero-order valence-electron chi connectivity index (χ0n) is 13.5. The molecule has 0 radical (unpaired) electrons. The number of hydrogen-bond donors (Lipinski definition) is 1. The van der Waals surface area contributed by atoms with Gasteiger partial charge in [-0.2, -0.15) is 4.31 Å². The molecule has 1 aromatic heterocycles. The molecular weight excluding hydrogens is 417 g/mol. The minimum atomic E-state index is -3.20. The van der Waals surface area contributed by atoms with E-state index in [0.717, 1.165) is 23.4 Å². The van der Waals surface area contributed by atoms with E-state index < -0.39 is 10.0 Å². The number of nitrogens with zero attached hydrogens (tertiary/aromatic N) is 2. The minimum absolute atomic E-state index is 0.219. The predicted molar refractivity (Wildman–Crippen MR) is 103 cm³/mol. The lowest BCUT2D eigenvalue weighted by Crippen LogP contribution is -2.37. The lowest BCUT2D eigenvalue weighted by Gasteiger charge is -2.25. The first-order valence-electron chi connectivity index (χ1n) is 8.08. The van der Waals surface area contributed by atoms with Crippen LogP contribution in [0.3, 0.4) is 0 Å². The molecule has 6 nitrogen and oxygen atoms in total. The van der Waals surface area contributed by atoms with Gasteiger partial charge in [0.1, 0.15) is 0 Å². The Morgan fingerprint density at radius 3 is 2.77 bits per heavy atom. The Kier molecular flexibility index (Phi) is 4.73. The van der Waals surface area contributed by atoms with Crippen molar-refractivity contribution in [3.63, 3.8) is 0 Å². The van der Waals surface area contributed by atoms with Crippen LogP contribution < -0.4 is 5.32 Å². The van der Waals surface area contributed by atoms with Gasteiger partial charge in [-0.25, -0.2) is 13.4 Å². The monoisotopic (exact) mass is 431 g/mol. The molecule has 2 heterocycles. The molecule has 1 amide bonds. The number of anilines is 1. The van der Waals surface area contributed by atoms with Crippen molar-refractivity contribution < 1.29 is 13.2 Å². The van der Waals surface area contributed by atoms with Crippen LogP contribution in [0.2, 0.25) is 10.0 Å². The second kappa shape index (κ2) is 6.76. The predicted octanol–water partition coefficient (Wildman–Crippen LogP) is 3.55. The van der Waals surface area contributed by atoms with Crippen molar-refractivity contribution in [3.8, 4) is 0 Å². The van der Waals surface area contributed by atoms with Gasteiger partial charge >= 0.3 is 0 Å². The normalized spacial score (nSPS) is 17.8. The molecule has 2 aromatic rings. The Balaban J connectivity index is 1.50. The van der Waals surface area contributed by atoms with Crippen LogP contribution in [0.1, 0.15) is 33.8 Å². The molecule has 26 heavy (non-hydrogen) atoms. The van der Waals surface area contributed by atoms with Crippen LogP contribution in [0.15, 0.2) is 18.2 Å². The van der Waals surface area contributed by atoms with Crippen molar-refractivity contribution in [2.24, 2.45) is 0 Å². The maximum atomic E-state index is 12.4. The highest BCUT2D eigenvalue weighted by molar-refractivity contribution is 7.90. The number of sulfonamides is 1. The average molecular weight is 432 g/mol. The van der Waals surface area contributed by atoms with E-state index in [0.29, 0.717) is 35.2 Å². The summed E-state index contributed by atoms with van der Waals surface area (Å²) in [4.78, 5) is 17.7.